The van der Waals surface area contributed by atoms with Crippen LogP contribution in [0.2, 0.25) is 0 Å². The number of rotatable bonds is 9. The van der Waals surface area contributed by atoms with Gasteiger partial charge in [0.15, 0.2) is 0 Å². The minimum atomic E-state index is -0.836. The van der Waals surface area contributed by atoms with Crippen LogP contribution in [0.3, 0.4) is 0 Å². The van der Waals surface area contributed by atoms with Crippen LogP contribution >= 0.6 is 0 Å². The van der Waals surface area contributed by atoms with E-state index in [0.29, 0.717) is 6.54 Å². The summed E-state index contributed by atoms with van der Waals surface area (Å²) in [6, 6.07) is 4.55. The van der Waals surface area contributed by atoms with Gasteiger partial charge < -0.3 is 20.3 Å². The fourth-order valence-corrected chi connectivity index (χ4v) is 4.66. The first-order valence-electron chi connectivity index (χ1n) is 13.1. The molecule has 2 atom stereocenters. The lowest BCUT2D eigenvalue weighted by atomic mass is 9.94. The molecule has 0 saturated heterocycles. The molecule has 35 heavy (non-hydrogen) atoms. The molecule has 2 N–H and O–H groups in total. The van der Waals surface area contributed by atoms with Crippen LogP contribution in [0.5, 0.6) is 0 Å². The zero-order chi connectivity index (χ0) is 26.2. The van der Waals surface area contributed by atoms with E-state index in [0.717, 1.165) is 55.2 Å². The topological polar surface area (TPSA) is 87.7 Å². The SMILES string of the molecule is CCCCN(C(=O)C(C)NC(=O)OC(C)(C)C)C(C(=O)NC1CCCCC1)c1cc(C)cc(C)c1. The highest BCUT2D eigenvalue weighted by Crippen LogP contribution is 2.27. The molecule has 3 amide bonds. The first-order chi connectivity index (χ1) is 16.4. The van der Waals surface area contributed by atoms with E-state index in [2.05, 4.69) is 23.6 Å². The monoisotopic (exact) mass is 487 g/mol. The molecule has 0 spiro atoms. The highest BCUT2D eigenvalue weighted by Gasteiger charge is 2.35. The number of unbranched alkanes of at least 4 members (excludes halogenated alkanes) is 1. The van der Waals surface area contributed by atoms with E-state index < -0.39 is 23.8 Å². The van der Waals surface area contributed by atoms with Crippen LogP contribution in [0, 0.1) is 13.8 Å². The van der Waals surface area contributed by atoms with Crippen molar-refractivity contribution in [3.8, 4) is 0 Å². The zero-order valence-corrected chi connectivity index (χ0v) is 22.7. The van der Waals surface area contributed by atoms with E-state index in [4.69, 9.17) is 4.74 Å². The number of hydrogen-bond donors (Lipinski definition) is 2. The lowest BCUT2D eigenvalue weighted by molar-refractivity contribution is -0.142. The van der Waals surface area contributed by atoms with Crippen molar-refractivity contribution >= 4 is 17.9 Å². The van der Waals surface area contributed by atoms with Crippen molar-refractivity contribution in [1.29, 1.82) is 0 Å². The Labute approximate surface area is 211 Å². The largest absolute Gasteiger partial charge is 0.444 e. The van der Waals surface area contributed by atoms with E-state index in [1.165, 1.54) is 6.42 Å². The number of carbonyl (C=O) groups excluding carboxylic acids is 3. The molecule has 0 aliphatic heterocycles. The molecular formula is C28H45N3O4. The third-order valence-electron chi connectivity index (χ3n) is 6.21. The quantitative estimate of drug-likeness (QED) is 0.492. The molecule has 1 aromatic carbocycles. The Kier molecular flexibility index (Phi) is 10.6. The van der Waals surface area contributed by atoms with Crippen LogP contribution in [0.25, 0.3) is 0 Å². The second-order valence-electron chi connectivity index (χ2n) is 10.9. The maximum atomic E-state index is 13.8. The van der Waals surface area contributed by atoms with Crippen molar-refractivity contribution in [2.45, 2.75) is 117 Å². The summed E-state index contributed by atoms with van der Waals surface area (Å²) in [6.07, 6.45) is 6.31. The number of nitrogens with one attached hydrogen (secondary N) is 2. The molecule has 0 bridgehead atoms. The summed E-state index contributed by atoms with van der Waals surface area (Å²) in [5.41, 5.74) is 2.21. The van der Waals surface area contributed by atoms with Gasteiger partial charge in [0, 0.05) is 12.6 Å². The summed E-state index contributed by atoms with van der Waals surface area (Å²) >= 11 is 0. The van der Waals surface area contributed by atoms with Gasteiger partial charge in [0.05, 0.1) is 0 Å². The van der Waals surface area contributed by atoms with Crippen molar-refractivity contribution in [1.82, 2.24) is 15.5 Å². The Morgan fingerprint density at radius 1 is 1.06 bits per heavy atom. The zero-order valence-electron chi connectivity index (χ0n) is 22.7. The first-order valence-corrected chi connectivity index (χ1v) is 13.1. The number of hydrogen-bond acceptors (Lipinski definition) is 4. The van der Waals surface area contributed by atoms with Crippen molar-refractivity contribution < 1.29 is 19.1 Å². The first kappa shape index (κ1) is 28.7. The number of aryl methyl sites for hydroxylation is 2. The summed E-state index contributed by atoms with van der Waals surface area (Å²) in [7, 11) is 0. The molecule has 196 valence electrons. The smallest absolute Gasteiger partial charge is 0.408 e. The molecule has 2 unspecified atom stereocenters. The number of nitrogens with zero attached hydrogens (tertiary/aromatic N) is 1. The van der Waals surface area contributed by atoms with E-state index in [1.54, 1.807) is 32.6 Å². The third kappa shape index (κ3) is 9.19. The van der Waals surface area contributed by atoms with Gasteiger partial charge >= 0.3 is 6.09 Å². The fraction of sp³-hybridized carbons (Fsp3) is 0.679. The molecule has 0 aromatic heterocycles. The van der Waals surface area contributed by atoms with Gasteiger partial charge in [0.25, 0.3) is 0 Å². The van der Waals surface area contributed by atoms with Gasteiger partial charge in [-0.1, -0.05) is 61.9 Å². The third-order valence-corrected chi connectivity index (χ3v) is 6.21. The van der Waals surface area contributed by atoms with Crippen molar-refractivity contribution in [2.75, 3.05) is 6.54 Å². The number of alkyl carbamates (subject to hydrolysis) is 1. The van der Waals surface area contributed by atoms with Crippen LogP contribution in [0.1, 0.15) is 102 Å². The molecule has 7 heteroatoms. The molecule has 1 fully saturated rings. The van der Waals surface area contributed by atoms with Crippen molar-refractivity contribution in [3.63, 3.8) is 0 Å². The number of amides is 3. The molecule has 1 saturated carbocycles. The maximum Gasteiger partial charge on any atom is 0.408 e. The summed E-state index contributed by atoms with van der Waals surface area (Å²) < 4.78 is 5.34. The summed E-state index contributed by atoms with van der Waals surface area (Å²) in [4.78, 5) is 41.5. The summed E-state index contributed by atoms with van der Waals surface area (Å²) in [6.45, 7) is 13.4. The van der Waals surface area contributed by atoms with Crippen molar-refractivity contribution in [3.05, 3.63) is 34.9 Å². The Hall–Kier alpha value is -2.57. The fourth-order valence-electron chi connectivity index (χ4n) is 4.66. The second-order valence-corrected chi connectivity index (χ2v) is 10.9. The highest BCUT2D eigenvalue weighted by atomic mass is 16.6. The number of ether oxygens (including phenoxy) is 1. The average Bonchev–Trinajstić information content (AvgIpc) is 2.74. The summed E-state index contributed by atoms with van der Waals surface area (Å²) in [5, 5.41) is 5.89. The van der Waals surface area contributed by atoms with E-state index in [-0.39, 0.29) is 17.9 Å². The highest BCUT2D eigenvalue weighted by molar-refractivity contribution is 5.92. The second kappa shape index (κ2) is 12.9. The average molecular weight is 488 g/mol. The molecule has 0 heterocycles. The van der Waals surface area contributed by atoms with Gasteiger partial charge in [-0.05, 0) is 66.4 Å². The molecule has 1 aromatic rings. The number of benzene rings is 1. The predicted molar refractivity (Wildman–Crippen MR) is 139 cm³/mol. The molecular weight excluding hydrogens is 442 g/mol. The van der Waals surface area contributed by atoms with E-state index in [9.17, 15) is 14.4 Å². The van der Waals surface area contributed by atoms with Crippen molar-refractivity contribution in [2.24, 2.45) is 0 Å². The molecule has 1 aliphatic rings. The lowest BCUT2D eigenvalue weighted by Gasteiger charge is -2.35. The molecule has 0 radical (unpaired) electrons. The van der Waals surface area contributed by atoms with Crippen LogP contribution < -0.4 is 10.6 Å². The maximum absolute atomic E-state index is 13.8. The van der Waals surface area contributed by atoms with Gasteiger partial charge in [0.1, 0.15) is 17.7 Å². The Morgan fingerprint density at radius 2 is 1.66 bits per heavy atom. The predicted octanol–water partition coefficient (Wildman–Crippen LogP) is 5.34. The van der Waals surface area contributed by atoms with Crippen LogP contribution in [0.4, 0.5) is 4.79 Å². The van der Waals surface area contributed by atoms with E-state index in [1.807, 2.05) is 26.0 Å². The lowest BCUT2D eigenvalue weighted by Crippen LogP contribution is -2.53. The van der Waals surface area contributed by atoms with Crippen LogP contribution in [0.15, 0.2) is 18.2 Å². The standard InChI is InChI=1S/C28H45N3O4/c1-8-9-15-31(26(33)21(4)29-27(34)35-28(5,6)7)24(22-17-19(2)16-20(3)18-22)25(32)30-23-13-11-10-12-14-23/h16-18,21,23-24H,8-15H2,1-7H3,(H,29,34)(H,30,32). The summed E-state index contributed by atoms with van der Waals surface area (Å²) in [5.74, 6) is -0.455. The minimum absolute atomic E-state index is 0.130. The Bertz CT molecular complexity index is 851. The Balaban J connectivity index is 2.38. The van der Waals surface area contributed by atoms with Gasteiger partial charge in [-0.2, -0.15) is 0 Å². The molecule has 7 nitrogen and oxygen atoms in total. The minimum Gasteiger partial charge on any atom is -0.444 e. The molecule has 2 rings (SSSR count). The van der Waals surface area contributed by atoms with Gasteiger partial charge in [-0.3, -0.25) is 9.59 Å². The van der Waals surface area contributed by atoms with E-state index >= 15 is 0 Å². The van der Waals surface area contributed by atoms with Gasteiger partial charge in [-0.15, -0.1) is 0 Å². The Morgan fingerprint density at radius 3 is 2.20 bits per heavy atom. The van der Waals surface area contributed by atoms with Gasteiger partial charge in [0.2, 0.25) is 11.8 Å². The number of carbonyl (C=O) groups is 3. The van der Waals surface area contributed by atoms with Crippen LogP contribution in [-0.4, -0.2) is 47.0 Å². The normalized spacial score (nSPS) is 16.2. The van der Waals surface area contributed by atoms with Gasteiger partial charge in [-0.25, -0.2) is 4.79 Å². The molecule has 1 aliphatic carbocycles. The van der Waals surface area contributed by atoms with Crippen LogP contribution in [-0.2, 0) is 14.3 Å².